The average molecular weight is 368 g/mol. The Morgan fingerprint density at radius 3 is 2.78 bits per heavy atom. The fourth-order valence-corrected chi connectivity index (χ4v) is 3.32. The highest BCUT2D eigenvalue weighted by Crippen LogP contribution is 2.19. The van der Waals surface area contributed by atoms with Crippen LogP contribution < -0.4 is 15.4 Å². The minimum Gasteiger partial charge on any atom is -0.467 e. The van der Waals surface area contributed by atoms with Crippen molar-refractivity contribution >= 4 is 17.5 Å². The van der Waals surface area contributed by atoms with Gasteiger partial charge in [-0.1, -0.05) is 38.3 Å². The molecule has 1 aromatic heterocycles. The largest absolute Gasteiger partial charge is 0.467 e. The maximum atomic E-state index is 12.1. The summed E-state index contributed by atoms with van der Waals surface area (Å²) in [6, 6.07) is 10.2. The summed E-state index contributed by atoms with van der Waals surface area (Å²) in [5, 5.41) is 6.26. The van der Waals surface area contributed by atoms with Gasteiger partial charge in [-0.15, -0.1) is 0 Å². The second-order valence-electron chi connectivity index (χ2n) is 7.04. The minimum atomic E-state index is -0.0941. The van der Waals surface area contributed by atoms with Crippen molar-refractivity contribution in [2.45, 2.75) is 58.4 Å². The highest BCUT2D eigenvalue weighted by atomic mass is 16.5. The molecule has 144 valence electrons. The number of nitrogens with one attached hydrogen (secondary N) is 2. The van der Waals surface area contributed by atoms with Gasteiger partial charge in [0.25, 0.3) is 5.91 Å². The molecule has 0 radical (unpaired) electrons. The number of aromatic nitrogens is 2. The quantitative estimate of drug-likeness (QED) is 0.775. The molecule has 0 aliphatic heterocycles. The van der Waals surface area contributed by atoms with Gasteiger partial charge in [-0.3, -0.25) is 4.79 Å². The van der Waals surface area contributed by atoms with Crippen molar-refractivity contribution < 1.29 is 9.53 Å². The van der Waals surface area contributed by atoms with Crippen LogP contribution in [0.25, 0.3) is 0 Å². The van der Waals surface area contributed by atoms with E-state index in [1.165, 1.54) is 24.8 Å². The molecule has 2 N–H and O–H groups in total. The van der Waals surface area contributed by atoms with Crippen molar-refractivity contribution in [2.75, 3.05) is 11.9 Å². The molecule has 1 aliphatic carbocycles. The van der Waals surface area contributed by atoms with Crippen LogP contribution in [0.2, 0.25) is 0 Å². The van der Waals surface area contributed by atoms with E-state index in [1.54, 1.807) is 6.07 Å². The Bertz CT molecular complexity index is 773. The lowest BCUT2D eigenvalue weighted by atomic mass is 9.95. The topological polar surface area (TPSA) is 76.1 Å². The van der Waals surface area contributed by atoms with Crippen LogP contribution in [0.4, 0.5) is 11.6 Å². The zero-order valence-electron chi connectivity index (χ0n) is 16.1. The van der Waals surface area contributed by atoms with Gasteiger partial charge in [0.2, 0.25) is 11.8 Å². The molecule has 1 amide bonds. The molecule has 6 heteroatoms. The van der Waals surface area contributed by atoms with Crippen molar-refractivity contribution in [3.05, 3.63) is 41.6 Å². The fourth-order valence-electron chi connectivity index (χ4n) is 3.32. The molecule has 0 unspecified atom stereocenters. The van der Waals surface area contributed by atoms with Crippen molar-refractivity contribution in [3.8, 4) is 5.88 Å². The van der Waals surface area contributed by atoms with Crippen LogP contribution in [-0.4, -0.2) is 28.5 Å². The maximum absolute atomic E-state index is 12.1. The monoisotopic (exact) mass is 368 g/mol. The third-order valence-corrected chi connectivity index (χ3v) is 4.74. The second kappa shape index (κ2) is 9.35. The molecule has 3 rings (SSSR count). The van der Waals surface area contributed by atoms with Crippen molar-refractivity contribution in [3.63, 3.8) is 0 Å². The fraction of sp³-hybridized carbons (Fsp3) is 0.476. The lowest BCUT2D eigenvalue weighted by Gasteiger charge is -2.22. The number of ether oxygens (including phenoxy) is 1. The van der Waals surface area contributed by atoms with Gasteiger partial charge < -0.3 is 15.4 Å². The van der Waals surface area contributed by atoms with Crippen LogP contribution in [-0.2, 0) is 11.2 Å². The van der Waals surface area contributed by atoms with Gasteiger partial charge in [0.1, 0.15) is 0 Å². The van der Waals surface area contributed by atoms with Gasteiger partial charge in [-0.05, 0) is 43.9 Å². The first kappa shape index (κ1) is 19.1. The van der Waals surface area contributed by atoms with Crippen LogP contribution in [0.1, 0.15) is 50.3 Å². The molecule has 27 heavy (non-hydrogen) atoms. The summed E-state index contributed by atoms with van der Waals surface area (Å²) in [5.74, 6) is 0.768. The van der Waals surface area contributed by atoms with Crippen LogP contribution in [0.3, 0.4) is 0 Å². The number of anilines is 2. The van der Waals surface area contributed by atoms with Crippen LogP contribution in [0.5, 0.6) is 5.88 Å². The average Bonchev–Trinajstić information content (AvgIpc) is 2.67. The molecule has 1 aliphatic rings. The Hall–Kier alpha value is -2.63. The highest BCUT2D eigenvalue weighted by Gasteiger charge is 2.16. The minimum absolute atomic E-state index is 0.0300. The number of aryl methyl sites for hydroxylation is 2. The number of carbonyl (C=O) groups is 1. The first-order chi connectivity index (χ1) is 13.1. The number of rotatable bonds is 7. The van der Waals surface area contributed by atoms with E-state index in [1.807, 2.05) is 19.1 Å². The molecule has 0 spiro atoms. The summed E-state index contributed by atoms with van der Waals surface area (Å²) in [4.78, 5) is 20.9. The molecule has 6 nitrogen and oxygen atoms in total. The van der Waals surface area contributed by atoms with Gasteiger partial charge in [-0.2, -0.15) is 4.98 Å². The summed E-state index contributed by atoms with van der Waals surface area (Å²) in [7, 11) is 0. The van der Waals surface area contributed by atoms with E-state index in [0.717, 1.165) is 30.6 Å². The third kappa shape index (κ3) is 5.94. The van der Waals surface area contributed by atoms with Crippen LogP contribution in [0.15, 0.2) is 30.3 Å². The normalized spacial score (nSPS) is 14.6. The van der Waals surface area contributed by atoms with Crippen molar-refractivity contribution in [2.24, 2.45) is 0 Å². The van der Waals surface area contributed by atoms with E-state index in [9.17, 15) is 4.79 Å². The number of hydrogen-bond acceptors (Lipinski definition) is 5. The Labute approximate surface area is 160 Å². The van der Waals surface area contributed by atoms with Crippen molar-refractivity contribution in [1.29, 1.82) is 0 Å². The third-order valence-electron chi connectivity index (χ3n) is 4.74. The summed E-state index contributed by atoms with van der Waals surface area (Å²) >= 11 is 0. The lowest BCUT2D eigenvalue weighted by Crippen LogP contribution is -2.39. The Morgan fingerprint density at radius 2 is 2.00 bits per heavy atom. The second-order valence-corrected chi connectivity index (χ2v) is 7.04. The molecule has 1 heterocycles. The molecular formula is C21H28N4O2. The number of amides is 1. The van der Waals surface area contributed by atoms with Gasteiger partial charge in [0.15, 0.2) is 6.61 Å². The van der Waals surface area contributed by atoms with Gasteiger partial charge in [-0.25, -0.2) is 4.98 Å². The summed E-state index contributed by atoms with van der Waals surface area (Å²) < 4.78 is 5.61. The number of nitrogens with zero attached hydrogens (tertiary/aromatic N) is 2. The molecule has 2 aromatic rings. The predicted octanol–water partition coefficient (Wildman–Crippen LogP) is 3.92. The zero-order chi connectivity index (χ0) is 19.1. The Kier molecular flexibility index (Phi) is 6.63. The standard InChI is InChI=1S/C21H28N4O2/c1-3-16-8-7-11-18(13-16)24-21-22-15(2)12-20(25-21)27-14-19(26)23-17-9-5-4-6-10-17/h7-8,11-13,17H,3-6,9-10,14H2,1-2H3,(H,23,26)(H,22,24,25). The van der Waals surface area contributed by atoms with E-state index in [2.05, 4.69) is 39.7 Å². The smallest absolute Gasteiger partial charge is 0.258 e. The molecular weight excluding hydrogens is 340 g/mol. The molecule has 1 saturated carbocycles. The molecule has 1 fully saturated rings. The maximum Gasteiger partial charge on any atom is 0.258 e. The predicted molar refractivity (Wildman–Crippen MR) is 106 cm³/mol. The first-order valence-corrected chi connectivity index (χ1v) is 9.76. The first-order valence-electron chi connectivity index (χ1n) is 9.76. The van der Waals surface area contributed by atoms with E-state index in [-0.39, 0.29) is 18.6 Å². The van der Waals surface area contributed by atoms with Gasteiger partial charge >= 0.3 is 0 Å². The van der Waals surface area contributed by atoms with Crippen LogP contribution >= 0.6 is 0 Å². The molecule has 0 saturated heterocycles. The van der Waals surface area contributed by atoms with E-state index in [0.29, 0.717) is 11.8 Å². The molecule has 0 atom stereocenters. The van der Waals surface area contributed by atoms with Crippen LogP contribution in [0, 0.1) is 6.92 Å². The Morgan fingerprint density at radius 1 is 1.19 bits per heavy atom. The summed E-state index contributed by atoms with van der Waals surface area (Å²) in [5.41, 5.74) is 2.95. The van der Waals surface area contributed by atoms with Gasteiger partial charge in [0.05, 0.1) is 0 Å². The van der Waals surface area contributed by atoms with Gasteiger partial charge in [0, 0.05) is 23.5 Å². The molecule has 1 aromatic carbocycles. The van der Waals surface area contributed by atoms with E-state index in [4.69, 9.17) is 4.74 Å². The SMILES string of the molecule is CCc1cccc(Nc2nc(C)cc(OCC(=O)NC3CCCCC3)n2)c1. The highest BCUT2D eigenvalue weighted by molar-refractivity contribution is 5.77. The Balaban J connectivity index is 1.58. The number of carbonyl (C=O) groups excluding carboxylic acids is 1. The lowest BCUT2D eigenvalue weighted by molar-refractivity contribution is -0.124. The molecule has 0 bridgehead atoms. The van der Waals surface area contributed by atoms with Crippen molar-refractivity contribution in [1.82, 2.24) is 15.3 Å². The number of benzene rings is 1. The number of hydrogen-bond donors (Lipinski definition) is 2. The van der Waals surface area contributed by atoms with E-state index < -0.39 is 0 Å². The summed E-state index contributed by atoms with van der Waals surface area (Å²) in [6.07, 6.45) is 6.72. The van der Waals surface area contributed by atoms with E-state index >= 15 is 0 Å². The zero-order valence-corrected chi connectivity index (χ0v) is 16.1. The summed E-state index contributed by atoms with van der Waals surface area (Å²) in [6.45, 7) is 3.97.